The molecule has 4 heteroatoms. The third kappa shape index (κ3) is 3.47. The number of amides is 1. The molecule has 1 amide bonds. The van der Waals surface area contributed by atoms with Gasteiger partial charge in [0.15, 0.2) is 0 Å². The summed E-state index contributed by atoms with van der Waals surface area (Å²) in [7, 11) is 0. The van der Waals surface area contributed by atoms with E-state index in [1.165, 1.54) is 12.5 Å². The second-order valence-corrected chi connectivity index (χ2v) is 5.14. The molecule has 1 unspecified atom stereocenters. The fraction of sp³-hybridized carbons (Fsp3) is 0.375. The lowest BCUT2D eigenvalue weighted by Crippen LogP contribution is -2.42. The number of rotatable bonds is 3. The summed E-state index contributed by atoms with van der Waals surface area (Å²) in [5.74, 6) is -0.964. The smallest absolute Gasteiger partial charge is 0.328 e. The molecule has 0 aromatic heterocycles. The Morgan fingerprint density at radius 3 is 2.85 bits per heavy atom. The van der Waals surface area contributed by atoms with Crippen LogP contribution in [-0.2, 0) is 4.79 Å². The van der Waals surface area contributed by atoms with E-state index in [0.717, 1.165) is 31.0 Å². The maximum Gasteiger partial charge on any atom is 0.328 e. The molecule has 20 heavy (non-hydrogen) atoms. The first kappa shape index (κ1) is 14.3. The van der Waals surface area contributed by atoms with Gasteiger partial charge in [-0.1, -0.05) is 12.1 Å². The monoisotopic (exact) mass is 273 g/mol. The molecular weight excluding hydrogens is 254 g/mol. The fourth-order valence-electron chi connectivity index (χ4n) is 2.51. The van der Waals surface area contributed by atoms with E-state index in [4.69, 9.17) is 5.11 Å². The second kappa shape index (κ2) is 6.37. The summed E-state index contributed by atoms with van der Waals surface area (Å²) >= 11 is 0. The number of benzene rings is 1. The van der Waals surface area contributed by atoms with E-state index >= 15 is 0 Å². The van der Waals surface area contributed by atoms with Gasteiger partial charge in [0.1, 0.15) is 0 Å². The number of carbonyl (C=O) groups excluding carboxylic acids is 1. The van der Waals surface area contributed by atoms with E-state index in [0.29, 0.717) is 5.56 Å². The van der Waals surface area contributed by atoms with Gasteiger partial charge >= 0.3 is 5.97 Å². The number of hydrogen-bond acceptors (Lipinski definition) is 2. The quantitative estimate of drug-likeness (QED) is 0.861. The zero-order chi connectivity index (χ0) is 14.5. The van der Waals surface area contributed by atoms with Gasteiger partial charge in [-0.05, 0) is 50.0 Å². The summed E-state index contributed by atoms with van der Waals surface area (Å²) in [4.78, 5) is 24.9. The number of piperidine rings is 1. The molecule has 1 aromatic carbocycles. The number of likely N-dealkylation sites (tertiary alicyclic amines) is 1. The third-order valence-corrected chi connectivity index (χ3v) is 3.62. The number of hydrogen-bond donors (Lipinski definition) is 1. The van der Waals surface area contributed by atoms with Crippen LogP contribution in [-0.4, -0.2) is 34.5 Å². The van der Waals surface area contributed by atoms with Gasteiger partial charge in [-0.15, -0.1) is 0 Å². The Bertz CT molecular complexity index is 536. The first-order chi connectivity index (χ1) is 9.58. The van der Waals surface area contributed by atoms with Gasteiger partial charge in [0.2, 0.25) is 0 Å². The maximum absolute atomic E-state index is 12.5. The van der Waals surface area contributed by atoms with Crippen molar-refractivity contribution in [1.82, 2.24) is 4.90 Å². The number of carboxylic acids is 1. The van der Waals surface area contributed by atoms with Crippen molar-refractivity contribution in [1.29, 1.82) is 0 Å². The van der Waals surface area contributed by atoms with Crippen molar-refractivity contribution in [3.05, 3.63) is 41.5 Å². The van der Waals surface area contributed by atoms with Crippen molar-refractivity contribution < 1.29 is 14.7 Å². The molecule has 1 aliphatic heterocycles. The maximum atomic E-state index is 12.5. The normalized spacial score (nSPS) is 19.2. The highest BCUT2D eigenvalue weighted by atomic mass is 16.4. The summed E-state index contributed by atoms with van der Waals surface area (Å²) in [6, 6.07) is 7.36. The largest absolute Gasteiger partial charge is 0.478 e. The molecule has 1 fully saturated rings. The van der Waals surface area contributed by atoms with Gasteiger partial charge in [-0.2, -0.15) is 0 Å². The molecule has 1 aromatic rings. The first-order valence-electron chi connectivity index (χ1n) is 6.90. The first-order valence-corrected chi connectivity index (χ1v) is 6.90. The molecule has 1 atom stereocenters. The molecule has 0 spiro atoms. The third-order valence-electron chi connectivity index (χ3n) is 3.62. The highest BCUT2D eigenvalue weighted by molar-refractivity contribution is 5.95. The fourth-order valence-corrected chi connectivity index (χ4v) is 2.51. The summed E-state index contributed by atoms with van der Waals surface area (Å²) < 4.78 is 0. The average molecular weight is 273 g/mol. The Balaban J connectivity index is 2.17. The number of aliphatic carboxylic acids is 1. The molecule has 1 saturated heterocycles. The predicted molar refractivity (Wildman–Crippen MR) is 77.5 cm³/mol. The van der Waals surface area contributed by atoms with Crippen LogP contribution in [0.4, 0.5) is 0 Å². The molecule has 0 bridgehead atoms. The van der Waals surface area contributed by atoms with Crippen molar-refractivity contribution >= 4 is 18.0 Å². The summed E-state index contributed by atoms with van der Waals surface area (Å²) in [6.07, 6.45) is 5.84. The molecule has 0 aliphatic carbocycles. The molecule has 1 N–H and O–H groups in total. The van der Waals surface area contributed by atoms with Crippen molar-refractivity contribution in [3.63, 3.8) is 0 Å². The van der Waals surface area contributed by atoms with Crippen LogP contribution in [0.5, 0.6) is 0 Å². The standard InChI is InChI=1S/C16H19NO3/c1-12-5-2-3-10-17(12)16(20)14-7-4-6-13(11-14)8-9-15(18)19/h4,6-9,11-12H,2-3,5,10H2,1H3,(H,18,19). The van der Waals surface area contributed by atoms with Crippen molar-refractivity contribution in [3.8, 4) is 0 Å². The minimum Gasteiger partial charge on any atom is -0.478 e. The van der Waals surface area contributed by atoms with E-state index in [1.54, 1.807) is 24.3 Å². The molecule has 0 radical (unpaired) electrons. The molecule has 0 saturated carbocycles. The van der Waals surface area contributed by atoms with Crippen LogP contribution in [0.15, 0.2) is 30.3 Å². The van der Waals surface area contributed by atoms with Crippen molar-refractivity contribution in [2.24, 2.45) is 0 Å². The lowest BCUT2D eigenvalue weighted by atomic mass is 10.0. The summed E-state index contributed by atoms with van der Waals surface area (Å²) in [5, 5.41) is 8.63. The molecule has 1 heterocycles. The van der Waals surface area contributed by atoms with Gasteiger partial charge in [0, 0.05) is 24.2 Å². The van der Waals surface area contributed by atoms with Gasteiger partial charge in [0.25, 0.3) is 5.91 Å². The Kier molecular flexibility index (Phi) is 4.56. The van der Waals surface area contributed by atoms with Gasteiger partial charge in [-0.3, -0.25) is 4.79 Å². The van der Waals surface area contributed by atoms with Crippen LogP contribution in [0.1, 0.15) is 42.1 Å². The van der Waals surface area contributed by atoms with Crippen LogP contribution in [0.3, 0.4) is 0 Å². The Labute approximate surface area is 118 Å². The second-order valence-electron chi connectivity index (χ2n) is 5.14. The van der Waals surface area contributed by atoms with E-state index in [9.17, 15) is 9.59 Å². The van der Waals surface area contributed by atoms with Crippen molar-refractivity contribution in [2.45, 2.75) is 32.2 Å². The lowest BCUT2D eigenvalue weighted by Gasteiger charge is -2.33. The SMILES string of the molecule is CC1CCCCN1C(=O)c1cccc(C=CC(=O)O)c1. The molecular formula is C16H19NO3. The van der Waals surface area contributed by atoms with Crippen LogP contribution < -0.4 is 0 Å². The van der Waals surface area contributed by atoms with Gasteiger partial charge in [-0.25, -0.2) is 4.79 Å². The minimum absolute atomic E-state index is 0.0303. The minimum atomic E-state index is -0.994. The van der Waals surface area contributed by atoms with Crippen molar-refractivity contribution in [2.75, 3.05) is 6.54 Å². The zero-order valence-corrected chi connectivity index (χ0v) is 11.6. The summed E-state index contributed by atoms with van der Waals surface area (Å²) in [6.45, 7) is 2.88. The van der Waals surface area contributed by atoms with Crippen LogP contribution in [0.25, 0.3) is 6.08 Å². The molecule has 1 aliphatic rings. The van der Waals surface area contributed by atoms with Crippen LogP contribution in [0.2, 0.25) is 0 Å². The Hall–Kier alpha value is -2.10. The average Bonchev–Trinajstić information content (AvgIpc) is 2.45. The van der Waals surface area contributed by atoms with E-state index < -0.39 is 5.97 Å². The van der Waals surface area contributed by atoms with E-state index in [2.05, 4.69) is 6.92 Å². The Morgan fingerprint density at radius 1 is 1.35 bits per heavy atom. The predicted octanol–water partition coefficient (Wildman–Crippen LogP) is 2.80. The van der Waals surface area contributed by atoms with E-state index in [-0.39, 0.29) is 11.9 Å². The van der Waals surface area contributed by atoms with Crippen LogP contribution in [0, 0.1) is 0 Å². The van der Waals surface area contributed by atoms with Gasteiger partial charge in [0.05, 0.1) is 0 Å². The number of carboxylic acid groups (broad SMARTS) is 1. The topological polar surface area (TPSA) is 57.6 Å². The highest BCUT2D eigenvalue weighted by Gasteiger charge is 2.23. The summed E-state index contributed by atoms with van der Waals surface area (Å²) in [5.41, 5.74) is 1.34. The zero-order valence-electron chi connectivity index (χ0n) is 11.6. The molecule has 2 rings (SSSR count). The molecule has 106 valence electrons. The molecule has 4 nitrogen and oxygen atoms in total. The highest BCUT2D eigenvalue weighted by Crippen LogP contribution is 2.19. The Morgan fingerprint density at radius 2 is 2.15 bits per heavy atom. The number of carbonyl (C=O) groups is 2. The van der Waals surface area contributed by atoms with Crippen LogP contribution >= 0.6 is 0 Å². The number of nitrogens with zero attached hydrogens (tertiary/aromatic N) is 1. The van der Waals surface area contributed by atoms with Gasteiger partial charge < -0.3 is 10.0 Å². The van der Waals surface area contributed by atoms with E-state index in [1.807, 2.05) is 4.90 Å². The lowest BCUT2D eigenvalue weighted by molar-refractivity contribution is -0.131.